The predicted molar refractivity (Wildman–Crippen MR) is 76.8 cm³/mol. The van der Waals surface area contributed by atoms with Crippen LogP contribution in [0.2, 0.25) is 0 Å². The van der Waals surface area contributed by atoms with Gasteiger partial charge in [0.05, 0.1) is 0 Å². The largest absolute Gasteiger partial charge is 0.161 e. The molecular weight excluding hydrogens is 232 g/mol. The minimum Gasteiger partial charge on any atom is -0.161 e. The summed E-state index contributed by atoms with van der Waals surface area (Å²) in [5, 5.41) is 0. The topological polar surface area (TPSA) is 0 Å². The molecule has 0 amide bonds. The van der Waals surface area contributed by atoms with Crippen molar-refractivity contribution < 1.29 is 0 Å². The molecule has 1 aromatic carbocycles. The summed E-state index contributed by atoms with van der Waals surface area (Å²) in [5.74, 6) is 4.75. The average molecular weight is 252 g/mol. The van der Waals surface area contributed by atoms with Crippen molar-refractivity contribution in [2.24, 2.45) is 0 Å². The Morgan fingerprint density at radius 3 is 3.06 bits per heavy atom. The van der Waals surface area contributed by atoms with Gasteiger partial charge in [-0.05, 0) is 23.8 Å². The van der Waals surface area contributed by atoms with E-state index in [2.05, 4.69) is 43.0 Å². The Labute approximate surface area is 108 Å². The first kappa shape index (κ1) is 12.4. The first-order valence-electron chi connectivity index (χ1n) is 6.21. The van der Waals surface area contributed by atoms with Crippen LogP contribution in [0.15, 0.2) is 29.2 Å². The second-order valence-corrected chi connectivity index (χ2v) is 6.54. The van der Waals surface area contributed by atoms with E-state index in [1.165, 1.54) is 41.4 Å². The molecule has 1 atom stereocenters. The molecule has 0 N–H and O–H groups in total. The Morgan fingerprint density at radius 1 is 1.31 bits per heavy atom. The molecule has 2 rings (SSSR count). The van der Waals surface area contributed by atoms with E-state index in [1.807, 2.05) is 11.8 Å². The van der Waals surface area contributed by atoms with Crippen LogP contribution in [0.5, 0.6) is 0 Å². The van der Waals surface area contributed by atoms with Crippen LogP contribution >= 0.6 is 23.5 Å². The standard InChI is InChI=1S/C14H20S2/c1-2-3-6-9-15-10-12-11-16-14-8-5-4-7-13(12)14/h4-5,7-8,12H,2-3,6,9-11H2,1H3. The molecule has 2 heteroatoms. The van der Waals surface area contributed by atoms with Gasteiger partial charge in [0.25, 0.3) is 0 Å². The summed E-state index contributed by atoms with van der Waals surface area (Å²) in [4.78, 5) is 1.52. The van der Waals surface area contributed by atoms with Crippen molar-refractivity contribution in [3.8, 4) is 0 Å². The van der Waals surface area contributed by atoms with E-state index in [1.54, 1.807) is 5.56 Å². The smallest absolute Gasteiger partial charge is 0.0108 e. The molecule has 1 aromatic rings. The van der Waals surface area contributed by atoms with Crippen molar-refractivity contribution in [2.75, 3.05) is 17.3 Å². The van der Waals surface area contributed by atoms with Crippen LogP contribution in [-0.4, -0.2) is 17.3 Å². The number of thioether (sulfide) groups is 2. The van der Waals surface area contributed by atoms with Crippen molar-refractivity contribution in [1.82, 2.24) is 0 Å². The van der Waals surface area contributed by atoms with E-state index in [-0.39, 0.29) is 0 Å². The SMILES string of the molecule is CCCCCSCC1CSc2ccccc21. The molecule has 0 fully saturated rings. The van der Waals surface area contributed by atoms with E-state index in [4.69, 9.17) is 0 Å². The van der Waals surface area contributed by atoms with Gasteiger partial charge in [-0.3, -0.25) is 0 Å². The highest BCUT2D eigenvalue weighted by Crippen LogP contribution is 2.40. The fraction of sp³-hybridized carbons (Fsp3) is 0.571. The van der Waals surface area contributed by atoms with E-state index >= 15 is 0 Å². The van der Waals surface area contributed by atoms with Crippen molar-refractivity contribution in [1.29, 1.82) is 0 Å². The zero-order valence-corrected chi connectivity index (χ0v) is 11.6. The molecular formula is C14H20S2. The zero-order valence-electron chi connectivity index (χ0n) is 9.95. The molecule has 0 spiro atoms. The van der Waals surface area contributed by atoms with Crippen molar-refractivity contribution in [3.63, 3.8) is 0 Å². The highest BCUT2D eigenvalue weighted by molar-refractivity contribution is 8.00. The molecule has 0 bridgehead atoms. The summed E-state index contributed by atoms with van der Waals surface area (Å²) in [5.41, 5.74) is 1.59. The molecule has 16 heavy (non-hydrogen) atoms. The summed E-state index contributed by atoms with van der Waals surface area (Å²) >= 11 is 4.17. The lowest BCUT2D eigenvalue weighted by molar-refractivity contribution is 0.777. The summed E-state index contributed by atoms with van der Waals surface area (Å²) in [6.07, 6.45) is 4.12. The molecule has 1 aliphatic rings. The Bertz CT molecular complexity index is 322. The van der Waals surface area contributed by atoms with E-state index < -0.39 is 0 Å². The van der Waals surface area contributed by atoms with E-state index in [0.29, 0.717) is 0 Å². The predicted octanol–water partition coefficient (Wildman–Crippen LogP) is 4.80. The minimum absolute atomic E-state index is 0.799. The molecule has 1 unspecified atom stereocenters. The maximum atomic E-state index is 2.31. The van der Waals surface area contributed by atoms with Gasteiger partial charge in [0.2, 0.25) is 0 Å². The normalized spacial score (nSPS) is 18.7. The molecule has 0 saturated carbocycles. The molecule has 0 aliphatic carbocycles. The van der Waals surface area contributed by atoms with Gasteiger partial charge in [-0.1, -0.05) is 38.0 Å². The Hall–Kier alpha value is -0.0800. The highest BCUT2D eigenvalue weighted by atomic mass is 32.2. The van der Waals surface area contributed by atoms with Crippen LogP contribution < -0.4 is 0 Å². The molecule has 88 valence electrons. The molecule has 0 radical (unpaired) electrons. The lowest BCUT2D eigenvalue weighted by atomic mass is 10.0. The lowest BCUT2D eigenvalue weighted by Crippen LogP contribution is -2.00. The molecule has 0 nitrogen and oxygen atoms in total. The number of hydrogen-bond acceptors (Lipinski definition) is 2. The van der Waals surface area contributed by atoms with Gasteiger partial charge >= 0.3 is 0 Å². The summed E-state index contributed by atoms with van der Waals surface area (Å²) in [7, 11) is 0. The van der Waals surface area contributed by atoms with Crippen molar-refractivity contribution in [3.05, 3.63) is 29.8 Å². The summed E-state index contributed by atoms with van der Waals surface area (Å²) in [6.45, 7) is 2.27. The van der Waals surface area contributed by atoms with Crippen LogP contribution in [0.25, 0.3) is 0 Å². The number of hydrogen-bond donors (Lipinski definition) is 0. The van der Waals surface area contributed by atoms with Crippen LogP contribution in [0.1, 0.15) is 37.7 Å². The molecule has 1 heterocycles. The molecule has 1 aliphatic heterocycles. The first-order valence-corrected chi connectivity index (χ1v) is 8.35. The maximum absolute atomic E-state index is 2.31. The fourth-order valence-electron chi connectivity index (χ4n) is 2.05. The Kier molecular flexibility index (Phi) is 5.11. The minimum atomic E-state index is 0.799. The van der Waals surface area contributed by atoms with Crippen LogP contribution in [0.3, 0.4) is 0 Å². The lowest BCUT2D eigenvalue weighted by Gasteiger charge is -2.09. The maximum Gasteiger partial charge on any atom is 0.0108 e. The Balaban J connectivity index is 1.76. The Morgan fingerprint density at radius 2 is 2.19 bits per heavy atom. The zero-order chi connectivity index (χ0) is 11.2. The number of rotatable bonds is 6. The van der Waals surface area contributed by atoms with Crippen molar-refractivity contribution in [2.45, 2.75) is 37.0 Å². The molecule has 0 saturated heterocycles. The quantitative estimate of drug-likeness (QED) is 0.667. The summed E-state index contributed by atoms with van der Waals surface area (Å²) < 4.78 is 0. The van der Waals surface area contributed by atoms with Crippen LogP contribution in [-0.2, 0) is 0 Å². The van der Waals surface area contributed by atoms with Gasteiger partial charge in [0.1, 0.15) is 0 Å². The van der Waals surface area contributed by atoms with Gasteiger partial charge in [0, 0.05) is 22.3 Å². The third-order valence-corrected chi connectivity index (χ3v) is 5.48. The average Bonchev–Trinajstić information content (AvgIpc) is 2.73. The van der Waals surface area contributed by atoms with Gasteiger partial charge < -0.3 is 0 Å². The van der Waals surface area contributed by atoms with Gasteiger partial charge in [-0.2, -0.15) is 11.8 Å². The highest BCUT2D eigenvalue weighted by Gasteiger charge is 2.21. The van der Waals surface area contributed by atoms with E-state index in [0.717, 1.165) is 5.92 Å². The fourth-order valence-corrected chi connectivity index (χ4v) is 4.61. The van der Waals surface area contributed by atoms with Crippen LogP contribution in [0, 0.1) is 0 Å². The third-order valence-electron chi connectivity index (χ3n) is 3.01. The summed E-state index contributed by atoms with van der Waals surface area (Å²) in [6, 6.07) is 8.91. The third kappa shape index (κ3) is 3.21. The van der Waals surface area contributed by atoms with Gasteiger partial charge in [-0.25, -0.2) is 0 Å². The monoisotopic (exact) mass is 252 g/mol. The second-order valence-electron chi connectivity index (χ2n) is 4.33. The van der Waals surface area contributed by atoms with Gasteiger partial charge in [-0.15, -0.1) is 11.8 Å². The molecule has 0 aromatic heterocycles. The number of benzene rings is 1. The second kappa shape index (κ2) is 6.61. The van der Waals surface area contributed by atoms with E-state index in [9.17, 15) is 0 Å². The number of unbranched alkanes of at least 4 members (excludes halogenated alkanes) is 2. The van der Waals surface area contributed by atoms with Gasteiger partial charge in [0.15, 0.2) is 0 Å². The van der Waals surface area contributed by atoms with Crippen molar-refractivity contribution >= 4 is 23.5 Å². The van der Waals surface area contributed by atoms with Crippen LogP contribution in [0.4, 0.5) is 0 Å². The first-order chi connectivity index (χ1) is 7.92. The number of fused-ring (bicyclic) bond motifs is 1.